The van der Waals surface area contributed by atoms with E-state index >= 15 is 0 Å². The Balaban J connectivity index is 3.56. The van der Waals surface area contributed by atoms with Crippen molar-refractivity contribution in [3.63, 3.8) is 0 Å². The number of amides is 2. The van der Waals surface area contributed by atoms with Crippen molar-refractivity contribution in [2.75, 3.05) is 7.11 Å². The predicted molar refractivity (Wildman–Crippen MR) is 52.6 cm³/mol. The summed E-state index contributed by atoms with van der Waals surface area (Å²) in [7, 11) is 1.36. The fourth-order valence-corrected chi connectivity index (χ4v) is 1.27. The van der Waals surface area contributed by atoms with Crippen molar-refractivity contribution in [1.29, 1.82) is 0 Å². The number of primary amides is 2. The Morgan fingerprint density at radius 1 is 1.33 bits per heavy atom. The summed E-state index contributed by atoms with van der Waals surface area (Å²) in [4.78, 5) is 26.1. The molecule has 1 aromatic rings. The molecule has 1 rings (SSSR count). The molecule has 0 spiro atoms. The van der Waals surface area contributed by atoms with E-state index in [9.17, 15) is 9.59 Å². The molecule has 0 aliphatic carbocycles. The van der Waals surface area contributed by atoms with Gasteiger partial charge in [-0.15, -0.1) is 0 Å². The normalized spacial score (nSPS) is 9.73. The van der Waals surface area contributed by atoms with Crippen LogP contribution in [0.1, 0.15) is 26.4 Å². The van der Waals surface area contributed by atoms with E-state index in [0.717, 1.165) is 0 Å². The number of carbonyl (C=O) groups is 2. The summed E-state index contributed by atoms with van der Waals surface area (Å²) in [6.07, 6.45) is 1.21. The SMILES string of the molecule is COc1c(C)ncc(C(N)=O)c1C(N)=O. The number of hydrogen-bond acceptors (Lipinski definition) is 4. The van der Waals surface area contributed by atoms with Crippen molar-refractivity contribution >= 4 is 11.8 Å². The van der Waals surface area contributed by atoms with Crippen molar-refractivity contribution in [2.45, 2.75) is 6.92 Å². The zero-order valence-corrected chi connectivity index (χ0v) is 8.40. The van der Waals surface area contributed by atoms with Gasteiger partial charge in [-0.2, -0.15) is 0 Å². The van der Waals surface area contributed by atoms with Crippen molar-refractivity contribution in [3.8, 4) is 5.75 Å². The second kappa shape index (κ2) is 3.95. The van der Waals surface area contributed by atoms with Crippen LogP contribution in [0.15, 0.2) is 6.20 Å². The van der Waals surface area contributed by atoms with Crippen LogP contribution in [0.3, 0.4) is 0 Å². The molecular weight excluding hydrogens is 198 g/mol. The van der Waals surface area contributed by atoms with Gasteiger partial charge >= 0.3 is 0 Å². The van der Waals surface area contributed by atoms with Gasteiger partial charge in [0, 0.05) is 6.20 Å². The third kappa shape index (κ3) is 1.88. The average molecular weight is 209 g/mol. The average Bonchev–Trinajstić information content (AvgIpc) is 2.16. The maximum atomic E-state index is 11.2. The Morgan fingerprint density at radius 2 is 1.93 bits per heavy atom. The number of methoxy groups -OCH3 is 1. The minimum absolute atomic E-state index is 0.0301. The van der Waals surface area contributed by atoms with E-state index in [2.05, 4.69) is 4.98 Å². The van der Waals surface area contributed by atoms with Crippen LogP contribution < -0.4 is 16.2 Å². The van der Waals surface area contributed by atoms with Crippen LogP contribution in [0.2, 0.25) is 0 Å². The fourth-order valence-electron chi connectivity index (χ4n) is 1.27. The molecule has 0 fully saturated rings. The first-order chi connectivity index (χ1) is 6.99. The third-order valence-corrected chi connectivity index (χ3v) is 1.93. The molecule has 15 heavy (non-hydrogen) atoms. The number of nitrogens with two attached hydrogens (primary N) is 2. The van der Waals surface area contributed by atoms with Crippen molar-refractivity contribution in [1.82, 2.24) is 4.98 Å². The van der Waals surface area contributed by atoms with Crippen molar-refractivity contribution in [3.05, 3.63) is 23.0 Å². The fraction of sp³-hybridized carbons (Fsp3) is 0.222. The monoisotopic (exact) mass is 209 g/mol. The molecule has 0 atom stereocenters. The zero-order chi connectivity index (χ0) is 11.6. The van der Waals surface area contributed by atoms with Gasteiger partial charge in [0.2, 0.25) is 0 Å². The standard InChI is InChI=1S/C9H11N3O3/c1-4-7(15-2)6(9(11)14)5(3-12-4)8(10)13/h3H,1-2H3,(H2,10,13)(H2,11,14). The van der Waals surface area contributed by atoms with Gasteiger partial charge < -0.3 is 16.2 Å². The molecule has 1 aromatic heterocycles. The van der Waals surface area contributed by atoms with Crippen LogP contribution in [0.25, 0.3) is 0 Å². The molecule has 0 saturated carbocycles. The molecule has 4 N–H and O–H groups in total. The van der Waals surface area contributed by atoms with Gasteiger partial charge in [-0.1, -0.05) is 0 Å². The van der Waals surface area contributed by atoms with E-state index in [1.165, 1.54) is 13.3 Å². The van der Waals surface area contributed by atoms with E-state index in [0.29, 0.717) is 5.69 Å². The van der Waals surface area contributed by atoms with Gasteiger partial charge in [-0.3, -0.25) is 14.6 Å². The Bertz CT molecular complexity index is 429. The lowest BCUT2D eigenvalue weighted by Gasteiger charge is -2.10. The lowest BCUT2D eigenvalue weighted by atomic mass is 10.1. The van der Waals surface area contributed by atoms with Gasteiger partial charge in [0.05, 0.1) is 23.9 Å². The molecule has 0 bridgehead atoms. The molecule has 80 valence electrons. The Kier molecular flexibility index (Phi) is 2.89. The molecule has 0 aliphatic heterocycles. The highest BCUT2D eigenvalue weighted by Crippen LogP contribution is 2.23. The summed E-state index contributed by atoms with van der Waals surface area (Å²) in [5.41, 5.74) is 10.6. The van der Waals surface area contributed by atoms with E-state index < -0.39 is 11.8 Å². The first-order valence-corrected chi connectivity index (χ1v) is 4.12. The number of pyridine rings is 1. The van der Waals surface area contributed by atoms with Crippen LogP contribution in [0.5, 0.6) is 5.75 Å². The largest absolute Gasteiger partial charge is 0.494 e. The van der Waals surface area contributed by atoms with Gasteiger partial charge in [0.25, 0.3) is 11.8 Å². The lowest BCUT2D eigenvalue weighted by Crippen LogP contribution is -2.22. The minimum atomic E-state index is -0.772. The Morgan fingerprint density at radius 3 is 2.33 bits per heavy atom. The number of rotatable bonds is 3. The highest BCUT2D eigenvalue weighted by Gasteiger charge is 2.20. The summed E-state index contributed by atoms with van der Waals surface area (Å²) < 4.78 is 4.96. The van der Waals surface area contributed by atoms with Gasteiger partial charge in [-0.25, -0.2) is 0 Å². The summed E-state index contributed by atoms with van der Waals surface area (Å²) in [6, 6.07) is 0. The highest BCUT2D eigenvalue weighted by atomic mass is 16.5. The number of aromatic nitrogens is 1. The zero-order valence-electron chi connectivity index (χ0n) is 8.40. The van der Waals surface area contributed by atoms with E-state index in [1.54, 1.807) is 6.92 Å². The highest BCUT2D eigenvalue weighted by molar-refractivity contribution is 6.07. The summed E-state index contributed by atoms with van der Waals surface area (Å²) >= 11 is 0. The second-order valence-corrected chi connectivity index (χ2v) is 2.89. The van der Waals surface area contributed by atoms with Crippen molar-refractivity contribution < 1.29 is 14.3 Å². The maximum absolute atomic E-state index is 11.2. The molecule has 0 saturated heterocycles. The van der Waals surface area contributed by atoms with E-state index in [1.807, 2.05) is 0 Å². The first kappa shape index (κ1) is 11.0. The van der Waals surface area contributed by atoms with Crippen LogP contribution in [-0.2, 0) is 0 Å². The number of aryl methyl sites for hydroxylation is 1. The Labute approximate surface area is 86.2 Å². The van der Waals surface area contributed by atoms with Crippen molar-refractivity contribution in [2.24, 2.45) is 11.5 Å². The van der Waals surface area contributed by atoms with Crippen LogP contribution in [0.4, 0.5) is 0 Å². The number of hydrogen-bond donors (Lipinski definition) is 2. The number of nitrogens with zero attached hydrogens (tertiary/aromatic N) is 1. The smallest absolute Gasteiger partial charge is 0.253 e. The molecule has 6 nitrogen and oxygen atoms in total. The second-order valence-electron chi connectivity index (χ2n) is 2.89. The first-order valence-electron chi connectivity index (χ1n) is 4.12. The number of carbonyl (C=O) groups excluding carboxylic acids is 2. The van der Waals surface area contributed by atoms with Crippen LogP contribution >= 0.6 is 0 Å². The van der Waals surface area contributed by atoms with Crippen LogP contribution in [-0.4, -0.2) is 23.9 Å². The Hall–Kier alpha value is -2.11. The molecule has 2 amide bonds. The summed E-state index contributed by atoms with van der Waals surface area (Å²) in [5.74, 6) is -1.36. The van der Waals surface area contributed by atoms with Gasteiger partial charge in [0.15, 0.2) is 5.75 Å². The minimum Gasteiger partial charge on any atom is -0.494 e. The molecule has 0 aliphatic rings. The van der Waals surface area contributed by atoms with Crippen LogP contribution in [0, 0.1) is 6.92 Å². The molecule has 0 aromatic carbocycles. The third-order valence-electron chi connectivity index (χ3n) is 1.93. The quantitative estimate of drug-likeness (QED) is 0.705. The van der Waals surface area contributed by atoms with E-state index in [-0.39, 0.29) is 16.9 Å². The van der Waals surface area contributed by atoms with E-state index in [4.69, 9.17) is 16.2 Å². The molecule has 0 radical (unpaired) electrons. The molecule has 6 heteroatoms. The molecule has 1 heterocycles. The summed E-state index contributed by atoms with van der Waals surface area (Å²) in [6.45, 7) is 1.63. The van der Waals surface area contributed by atoms with Gasteiger partial charge in [-0.05, 0) is 6.92 Å². The predicted octanol–water partition coefficient (Wildman–Crippen LogP) is -0.404. The lowest BCUT2D eigenvalue weighted by molar-refractivity contribution is 0.0964. The number of ether oxygens (including phenoxy) is 1. The maximum Gasteiger partial charge on any atom is 0.253 e. The molecular formula is C9H11N3O3. The molecule has 0 unspecified atom stereocenters. The summed E-state index contributed by atoms with van der Waals surface area (Å²) in [5, 5.41) is 0. The van der Waals surface area contributed by atoms with Gasteiger partial charge in [0.1, 0.15) is 0 Å². The topological polar surface area (TPSA) is 108 Å².